The molecule has 134 valence electrons. The van der Waals surface area contributed by atoms with Crippen molar-refractivity contribution in [1.29, 1.82) is 0 Å². The summed E-state index contributed by atoms with van der Waals surface area (Å²) in [4.78, 5) is 18.1. The summed E-state index contributed by atoms with van der Waals surface area (Å²) in [5.74, 6) is -0.225. The van der Waals surface area contributed by atoms with E-state index in [0.29, 0.717) is 5.13 Å². The van der Waals surface area contributed by atoms with E-state index >= 15 is 0 Å². The number of hydrogen-bond acceptors (Lipinski definition) is 6. The maximum atomic E-state index is 12.5. The minimum Gasteiger partial charge on any atom is -0.495 e. The van der Waals surface area contributed by atoms with Crippen LogP contribution in [0.15, 0.2) is 23.1 Å². The number of aromatic nitrogens is 1. The van der Waals surface area contributed by atoms with Crippen molar-refractivity contribution < 1.29 is 17.9 Å². The molecule has 1 aromatic heterocycles. The molecule has 0 unspecified atom stereocenters. The van der Waals surface area contributed by atoms with E-state index in [-0.39, 0.29) is 16.2 Å². The third kappa shape index (κ3) is 3.68. The Hall–Kier alpha value is -1.97. The number of benzene rings is 1. The Balaban J connectivity index is 1.87. The highest BCUT2D eigenvalue weighted by atomic mass is 32.2. The van der Waals surface area contributed by atoms with Crippen LogP contribution in [0.4, 0.5) is 5.13 Å². The molecule has 0 radical (unpaired) electrons. The summed E-state index contributed by atoms with van der Waals surface area (Å²) in [6, 6.07) is 4.29. The Labute approximate surface area is 150 Å². The van der Waals surface area contributed by atoms with Crippen LogP contribution in [0, 0.1) is 0 Å². The predicted molar refractivity (Wildman–Crippen MR) is 95.9 cm³/mol. The van der Waals surface area contributed by atoms with Gasteiger partial charge in [-0.15, -0.1) is 11.3 Å². The Morgan fingerprint density at radius 2 is 2.04 bits per heavy atom. The van der Waals surface area contributed by atoms with Gasteiger partial charge in [-0.3, -0.25) is 10.1 Å². The van der Waals surface area contributed by atoms with Crippen molar-refractivity contribution in [2.24, 2.45) is 0 Å². The fourth-order valence-electron chi connectivity index (χ4n) is 2.71. The first-order chi connectivity index (χ1) is 11.9. The maximum absolute atomic E-state index is 12.5. The molecule has 0 saturated heterocycles. The van der Waals surface area contributed by atoms with Crippen LogP contribution in [0.25, 0.3) is 0 Å². The number of nitrogens with one attached hydrogen (secondary N) is 2. The first-order valence-electron chi connectivity index (χ1n) is 7.86. The van der Waals surface area contributed by atoms with Crippen molar-refractivity contribution in [3.05, 3.63) is 34.3 Å². The zero-order valence-corrected chi connectivity index (χ0v) is 15.6. The molecular weight excluding hydrogens is 362 g/mol. The molecule has 3 rings (SSSR count). The number of carbonyl (C=O) groups excluding carboxylic acids is 1. The van der Waals surface area contributed by atoms with Gasteiger partial charge >= 0.3 is 0 Å². The SMILES string of the molecule is CNS(=O)(=O)c1cc(C(=O)Nc2nc3c(s2)CCCC3)ccc1OC. The normalized spacial score (nSPS) is 14.0. The lowest BCUT2D eigenvalue weighted by atomic mass is 10.0. The number of ether oxygens (including phenoxy) is 1. The second kappa shape index (κ2) is 7.11. The van der Waals surface area contributed by atoms with E-state index < -0.39 is 15.9 Å². The van der Waals surface area contributed by atoms with Gasteiger partial charge in [-0.25, -0.2) is 18.1 Å². The first kappa shape index (κ1) is 17.8. The van der Waals surface area contributed by atoms with Gasteiger partial charge in [0, 0.05) is 10.4 Å². The maximum Gasteiger partial charge on any atom is 0.257 e. The van der Waals surface area contributed by atoms with Gasteiger partial charge in [-0.2, -0.15) is 0 Å². The average Bonchev–Trinajstić information content (AvgIpc) is 3.03. The van der Waals surface area contributed by atoms with Crippen molar-refractivity contribution in [2.75, 3.05) is 19.5 Å². The lowest BCUT2D eigenvalue weighted by molar-refractivity contribution is 0.102. The number of methoxy groups -OCH3 is 1. The van der Waals surface area contributed by atoms with Crippen LogP contribution >= 0.6 is 11.3 Å². The van der Waals surface area contributed by atoms with Crippen LogP contribution in [0.5, 0.6) is 5.75 Å². The van der Waals surface area contributed by atoms with Crippen molar-refractivity contribution in [2.45, 2.75) is 30.6 Å². The van der Waals surface area contributed by atoms with Crippen molar-refractivity contribution >= 4 is 32.4 Å². The third-order valence-corrected chi connectivity index (χ3v) is 6.56. The highest BCUT2D eigenvalue weighted by Crippen LogP contribution is 2.30. The number of sulfonamides is 1. The summed E-state index contributed by atoms with van der Waals surface area (Å²) in [6.07, 6.45) is 4.20. The highest BCUT2D eigenvalue weighted by Gasteiger charge is 2.21. The van der Waals surface area contributed by atoms with E-state index in [1.807, 2.05) is 0 Å². The molecule has 7 nitrogen and oxygen atoms in total. The van der Waals surface area contributed by atoms with Gasteiger partial charge in [0.2, 0.25) is 10.0 Å². The van der Waals surface area contributed by atoms with Crippen LogP contribution in [0.1, 0.15) is 33.8 Å². The molecule has 1 aliphatic rings. The lowest BCUT2D eigenvalue weighted by Crippen LogP contribution is -2.20. The monoisotopic (exact) mass is 381 g/mol. The van der Waals surface area contributed by atoms with E-state index in [0.717, 1.165) is 31.4 Å². The zero-order chi connectivity index (χ0) is 18.0. The molecule has 1 aliphatic carbocycles. The fourth-order valence-corrected chi connectivity index (χ4v) is 4.68. The molecule has 0 bridgehead atoms. The van der Waals surface area contributed by atoms with Gasteiger partial charge in [0.05, 0.1) is 12.8 Å². The Morgan fingerprint density at radius 1 is 1.28 bits per heavy atom. The largest absolute Gasteiger partial charge is 0.495 e. The van der Waals surface area contributed by atoms with E-state index in [1.54, 1.807) is 0 Å². The molecular formula is C16H19N3O4S2. The smallest absolute Gasteiger partial charge is 0.257 e. The molecule has 9 heteroatoms. The summed E-state index contributed by atoms with van der Waals surface area (Å²) >= 11 is 1.48. The average molecular weight is 381 g/mol. The highest BCUT2D eigenvalue weighted by molar-refractivity contribution is 7.89. The van der Waals surface area contributed by atoms with Crippen LogP contribution < -0.4 is 14.8 Å². The van der Waals surface area contributed by atoms with E-state index in [1.165, 1.54) is 48.6 Å². The summed E-state index contributed by atoms with van der Waals surface area (Å²) < 4.78 is 31.5. The Bertz CT molecular complexity index is 883. The van der Waals surface area contributed by atoms with E-state index in [4.69, 9.17) is 4.74 Å². The molecule has 2 aromatic rings. The molecule has 0 aliphatic heterocycles. The predicted octanol–water partition coefficient (Wildman–Crippen LogP) is 2.19. The Morgan fingerprint density at radius 3 is 2.72 bits per heavy atom. The first-order valence-corrected chi connectivity index (χ1v) is 10.2. The van der Waals surface area contributed by atoms with Crippen molar-refractivity contribution in [3.8, 4) is 5.75 Å². The van der Waals surface area contributed by atoms with Gasteiger partial charge in [-0.1, -0.05) is 0 Å². The van der Waals surface area contributed by atoms with Gasteiger partial charge in [-0.05, 0) is 50.9 Å². The molecule has 1 amide bonds. The number of carbonyl (C=O) groups is 1. The number of nitrogens with zero attached hydrogens (tertiary/aromatic N) is 1. The second-order valence-corrected chi connectivity index (χ2v) is 8.56. The summed E-state index contributed by atoms with van der Waals surface area (Å²) in [5.41, 5.74) is 1.28. The minimum absolute atomic E-state index is 0.0800. The molecule has 2 N–H and O–H groups in total. The molecule has 0 spiro atoms. The fraction of sp³-hybridized carbons (Fsp3) is 0.375. The number of amides is 1. The number of fused-ring (bicyclic) bond motifs is 1. The van der Waals surface area contributed by atoms with Crippen molar-refractivity contribution in [3.63, 3.8) is 0 Å². The van der Waals surface area contributed by atoms with E-state index in [9.17, 15) is 13.2 Å². The lowest BCUT2D eigenvalue weighted by Gasteiger charge is -2.10. The quantitative estimate of drug-likeness (QED) is 0.827. The van der Waals surface area contributed by atoms with Gasteiger partial charge in [0.15, 0.2) is 5.13 Å². The molecule has 1 aromatic carbocycles. The number of hydrogen-bond donors (Lipinski definition) is 2. The molecule has 0 fully saturated rings. The molecule has 1 heterocycles. The summed E-state index contributed by atoms with van der Waals surface area (Å²) in [6.45, 7) is 0. The van der Waals surface area contributed by atoms with Gasteiger partial charge < -0.3 is 4.74 Å². The number of aryl methyl sites for hydroxylation is 2. The standard InChI is InChI=1S/C16H19N3O4S2/c1-17-25(21,22)14-9-10(7-8-12(14)23-2)15(20)19-16-18-11-5-3-4-6-13(11)24-16/h7-9,17H,3-6H2,1-2H3,(H,18,19,20). The number of thiazole rings is 1. The Kier molecular flexibility index (Phi) is 5.07. The van der Waals surface area contributed by atoms with Crippen LogP contribution in [-0.4, -0.2) is 33.5 Å². The summed E-state index contributed by atoms with van der Waals surface area (Å²) in [5, 5.41) is 3.31. The molecule has 25 heavy (non-hydrogen) atoms. The van der Waals surface area contributed by atoms with Gasteiger partial charge in [0.1, 0.15) is 10.6 Å². The van der Waals surface area contributed by atoms with Crippen LogP contribution in [0.3, 0.4) is 0 Å². The molecule has 0 saturated carbocycles. The van der Waals surface area contributed by atoms with E-state index in [2.05, 4.69) is 15.0 Å². The second-order valence-electron chi connectivity index (χ2n) is 5.62. The van der Waals surface area contributed by atoms with Crippen LogP contribution in [0.2, 0.25) is 0 Å². The topological polar surface area (TPSA) is 97.4 Å². The number of anilines is 1. The molecule has 0 atom stereocenters. The number of rotatable bonds is 5. The van der Waals surface area contributed by atoms with Gasteiger partial charge in [0.25, 0.3) is 5.91 Å². The summed E-state index contributed by atoms with van der Waals surface area (Å²) in [7, 11) is -1.05. The third-order valence-electron chi connectivity index (χ3n) is 4.05. The van der Waals surface area contributed by atoms with Crippen LogP contribution in [-0.2, 0) is 22.9 Å². The van der Waals surface area contributed by atoms with Crippen molar-refractivity contribution in [1.82, 2.24) is 9.71 Å². The minimum atomic E-state index is -3.74. The zero-order valence-electron chi connectivity index (χ0n) is 14.0.